The van der Waals surface area contributed by atoms with Crippen LogP contribution in [0.25, 0.3) is 0 Å². The van der Waals surface area contributed by atoms with E-state index in [0.29, 0.717) is 11.8 Å². The normalized spacial score (nSPS) is 31.0. The second-order valence-electron chi connectivity index (χ2n) is 6.48. The van der Waals surface area contributed by atoms with Crippen LogP contribution in [0.3, 0.4) is 0 Å². The summed E-state index contributed by atoms with van der Waals surface area (Å²) in [5, 5.41) is 12.0. The van der Waals surface area contributed by atoms with Crippen molar-refractivity contribution in [2.45, 2.75) is 40.0 Å². The van der Waals surface area contributed by atoms with Gasteiger partial charge in [0, 0.05) is 13.2 Å². The Balaban J connectivity index is 1.81. The average Bonchev–Trinajstić information content (AvgIpc) is 3.05. The van der Waals surface area contributed by atoms with E-state index in [1.54, 1.807) is 0 Å². The number of rotatable bonds is 4. The van der Waals surface area contributed by atoms with E-state index >= 15 is 0 Å². The Morgan fingerprint density at radius 1 is 1.38 bits per heavy atom. The molecule has 2 fully saturated rings. The molecule has 0 bridgehead atoms. The fourth-order valence-corrected chi connectivity index (χ4v) is 2.62. The van der Waals surface area contributed by atoms with Gasteiger partial charge in [0.2, 0.25) is 5.91 Å². The lowest BCUT2D eigenvalue weighted by molar-refractivity contribution is -0.130. The highest BCUT2D eigenvalue weighted by Gasteiger charge is 2.57. The SMILES string of the molecule is CC(C)(C)C1(C(=O)NC[C@H]2C[C@H]2CO)CC1. The number of aliphatic hydroxyl groups is 1. The van der Waals surface area contributed by atoms with Gasteiger partial charge in [0.05, 0.1) is 5.41 Å². The molecule has 0 aliphatic heterocycles. The molecule has 3 heteroatoms. The quantitative estimate of drug-likeness (QED) is 0.763. The molecule has 92 valence electrons. The van der Waals surface area contributed by atoms with Crippen molar-refractivity contribution in [3.05, 3.63) is 0 Å². The second kappa shape index (κ2) is 3.73. The third kappa shape index (κ3) is 1.97. The Bertz CT molecular complexity index is 289. The molecular formula is C13H23NO2. The van der Waals surface area contributed by atoms with E-state index in [-0.39, 0.29) is 23.3 Å². The summed E-state index contributed by atoms with van der Waals surface area (Å²) >= 11 is 0. The first-order valence-electron chi connectivity index (χ1n) is 6.30. The van der Waals surface area contributed by atoms with Gasteiger partial charge in [-0.2, -0.15) is 0 Å². The zero-order valence-electron chi connectivity index (χ0n) is 10.5. The standard InChI is InChI=1S/C13H23NO2/c1-12(2,3)13(4-5-13)11(16)14-7-9-6-10(9)8-15/h9-10,15H,4-8H2,1-3H3,(H,14,16)/t9-,10+/m1/s1. The minimum absolute atomic E-state index is 0.0665. The predicted molar refractivity (Wildman–Crippen MR) is 62.8 cm³/mol. The van der Waals surface area contributed by atoms with Crippen LogP contribution in [0.15, 0.2) is 0 Å². The van der Waals surface area contributed by atoms with Gasteiger partial charge in [0.15, 0.2) is 0 Å². The summed E-state index contributed by atoms with van der Waals surface area (Å²) in [6, 6.07) is 0. The molecule has 0 aromatic carbocycles. The van der Waals surface area contributed by atoms with Crippen LogP contribution < -0.4 is 5.32 Å². The lowest BCUT2D eigenvalue weighted by Crippen LogP contribution is -2.40. The van der Waals surface area contributed by atoms with E-state index in [0.717, 1.165) is 25.8 Å². The molecule has 0 spiro atoms. The zero-order chi connectivity index (χ0) is 12.0. The van der Waals surface area contributed by atoms with E-state index in [9.17, 15) is 4.79 Å². The molecule has 2 atom stereocenters. The van der Waals surface area contributed by atoms with Crippen molar-refractivity contribution in [1.82, 2.24) is 5.32 Å². The van der Waals surface area contributed by atoms with Gasteiger partial charge >= 0.3 is 0 Å². The van der Waals surface area contributed by atoms with Gasteiger partial charge in [-0.15, -0.1) is 0 Å². The third-order valence-corrected chi connectivity index (χ3v) is 4.45. The third-order valence-electron chi connectivity index (χ3n) is 4.45. The number of carbonyl (C=O) groups is 1. The van der Waals surface area contributed by atoms with Crippen molar-refractivity contribution >= 4 is 5.91 Å². The Labute approximate surface area is 97.6 Å². The van der Waals surface area contributed by atoms with Crippen molar-refractivity contribution in [2.75, 3.05) is 13.2 Å². The molecule has 2 aliphatic carbocycles. The molecule has 2 rings (SSSR count). The van der Waals surface area contributed by atoms with Gasteiger partial charge in [-0.3, -0.25) is 4.79 Å². The van der Waals surface area contributed by atoms with Crippen LogP contribution in [-0.4, -0.2) is 24.2 Å². The van der Waals surface area contributed by atoms with Crippen LogP contribution in [0.4, 0.5) is 0 Å². The van der Waals surface area contributed by atoms with E-state index in [4.69, 9.17) is 5.11 Å². The van der Waals surface area contributed by atoms with Crippen molar-refractivity contribution in [3.8, 4) is 0 Å². The van der Waals surface area contributed by atoms with Crippen LogP contribution in [0.2, 0.25) is 0 Å². The molecule has 0 saturated heterocycles. The van der Waals surface area contributed by atoms with E-state index < -0.39 is 0 Å². The Morgan fingerprint density at radius 3 is 2.38 bits per heavy atom. The molecule has 16 heavy (non-hydrogen) atoms. The first-order chi connectivity index (χ1) is 7.40. The molecule has 1 amide bonds. The number of hydrogen-bond donors (Lipinski definition) is 2. The summed E-state index contributed by atoms with van der Waals surface area (Å²) in [5.41, 5.74) is -0.0480. The van der Waals surface area contributed by atoms with E-state index in [1.165, 1.54) is 0 Å². The number of aliphatic hydroxyl groups excluding tert-OH is 1. The molecule has 0 radical (unpaired) electrons. The first-order valence-corrected chi connectivity index (χ1v) is 6.30. The monoisotopic (exact) mass is 225 g/mol. The lowest BCUT2D eigenvalue weighted by atomic mass is 9.77. The maximum atomic E-state index is 12.1. The highest BCUT2D eigenvalue weighted by molar-refractivity contribution is 5.86. The van der Waals surface area contributed by atoms with Crippen LogP contribution >= 0.6 is 0 Å². The van der Waals surface area contributed by atoms with Gasteiger partial charge < -0.3 is 10.4 Å². The smallest absolute Gasteiger partial charge is 0.226 e. The summed E-state index contributed by atoms with van der Waals surface area (Å²) in [6.07, 6.45) is 3.12. The van der Waals surface area contributed by atoms with Crippen LogP contribution in [0.5, 0.6) is 0 Å². The Kier molecular flexibility index (Phi) is 2.77. The highest BCUT2D eigenvalue weighted by Crippen LogP contribution is 2.58. The number of carbonyl (C=O) groups excluding carboxylic acids is 1. The van der Waals surface area contributed by atoms with Crippen molar-refractivity contribution < 1.29 is 9.90 Å². The summed E-state index contributed by atoms with van der Waals surface area (Å²) < 4.78 is 0. The molecule has 0 heterocycles. The van der Waals surface area contributed by atoms with Crippen molar-refractivity contribution in [3.63, 3.8) is 0 Å². The minimum Gasteiger partial charge on any atom is -0.396 e. The van der Waals surface area contributed by atoms with Gasteiger partial charge in [-0.05, 0) is 36.5 Å². The fraction of sp³-hybridized carbons (Fsp3) is 0.923. The lowest BCUT2D eigenvalue weighted by Gasteiger charge is -2.29. The predicted octanol–water partition coefficient (Wildman–Crippen LogP) is 1.56. The molecule has 2 aliphatic rings. The van der Waals surface area contributed by atoms with Crippen LogP contribution in [0.1, 0.15) is 40.0 Å². The summed E-state index contributed by atoms with van der Waals surface area (Å²) in [4.78, 5) is 12.1. The minimum atomic E-state index is -0.114. The van der Waals surface area contributed by atoms with Crippen LogP contribution in [0, 0.1) is 22.7 Å². The van der Waals surface area contributed by atoms with Crippen LogP contribution in [-0.2, 0) is 4.79 Å². The topological polar surface area (TPSA) is 49.3 Å². The molecule has 3 nitrogen and oxygen atoms in total. The first kappa shape index (κ1) is 11.9. The second-order valence-corrected chi connectivity index (χ2v) is 6.48. The molecule has 0 unspecified atom stereocenters. The molecular weight excluding hydrogens is 202 g/mol. The number of hydrogen-bond acceptors (Lipinski definition) is 2. The Hall–Kier alpha value is -0.570. The van der Waals surface area contributed by atoms with Gasteiger partial charge in [-0.25, -0.2) is 0 Å². The maximum Gasteiger partial charge on any atom is 0.226 e. The summed E-state index contributed by atoms with van der Waals surface area (Å²) in [6.45, 7) is 7.46. The highest BCUT2D eigenvalue weighted by atomic mass is 16.3. The zero-order valence-corrected chi connectivity index (χ0v) is 10.5. The molecule has 2 N–H and O–H groups in total. The number of nitrogens with one attached hydrogen (secondary N) is 1. The van der Waals surface area contributed by atoms with Gasteiger partial charge in [0.25, 0.3) is 0 Å². The van der Waals surface area contributed by atoms with Gasteiger partial charge in [0.1, 0.15) is 0 Å². The van der Waals surface area contributed by atoms with E-state index in [1.807, 2.05) is 0 Å². The molecule has 2 saturated carbocycles. The van der Waals surface area contributed by atoms with Crippen molar-refractivity contribution in [2.24, 2.45) is 22.7 Å². The maximum absolute atomic E-state index is 12.1. The van der Waals surface area contributed by atoms with Crippen molar-refractivity contribution in [1.29, 1.82) is 0 Å². The molecule has 0 aromatic rings. The summed E-state index contributed by atoms with van der Waals surface area (Å²) in [5.74, 6) is 1.18. The van der Waals surface area contributed by atoms with E-state index in [2.05, 4.69) is 26.1 Å². The molecule has 0 aromatic heterocycles. The number of amides is 1. The average molecular weight is 225 g/mol. The largest absolute Gasteiger partial charge is 0.396 e. The Morgan fingerprint density at radius 2 is 2.00 bits per heavy atom. The summed E-state index contributed by atoms with van der Waals surface area (Å²) in [7, 11) is 0. The fourth-order valence-electron chi connectivity index (χ4n) is 2.62. The van der Waals surface area contributed by atoms with Gasteiger partial charge in [-0.1, -0.05) is 20.8 Å².